The van der Waals surface area contributed by atoms with Gasteiger partial charge < -0.3 is 5.32 Å². The topological polar surface area (TPSA) is 74.5 Å². The van der Waals surface area contributed by atoms with Crippen LogP contribution >= 0.6 is 0 Å². The average molecular weight is 454 g/mol. The van der Waals surface area contributed by atoms with Crippen LogP contribution in [0.15, 0.2) is 72.7 Å². The molecule has 3 aromatic heterocycles. The number of anilines is 1. The smallest absolute Gasteiger partial charge is 0.173 e. The minimum absolute atomic E-state index is 0.143. The molecule has 3 aromatic rings. The summed E-state index contributed by atoms with van der Waals surface area (Å²) < 4.78 is 15.1. The number of aryl methyl sites for hydroxylation is 1. The Balaban J connectivity index is 1.86. The third-order valence-corrected chi connectivity index (χ3v) is 5.15. The van der Waals surface area contributed by atoms with Crippen LogP contribution in [0.25, 0.3) is 16.7 Å². The van der Waals surface area contributed by atoms with Crippen molar-refractivity contribution in [2.45, 2.75) is 40.7 Å². The van der Waals surface area contributed by atoms with Crippen LogP contribution in [0, 0.1) is 24.1 Å². The monoisotopic (exact) mass is 453 g/mol. The molecule has 3 rings (SSSR count). The van der Waals surface area contributed by atoms with Gasteiger partial charge in [0.2, 0.25) is 0 Å². The number of pyridine rings is 3. The number of rotatable bonds is 8. The van der Waals surface area contributed by atoms with Crippen molar-refractivity contribution in [3.05, 3.63) is 101 Å². The highest BCUT2D eigenvalue weighted by Crippen LogP contribution is 2.27. The molecule has 0 aliphatic rings. The third kappa shape index (κ3) is 6.02. The number of aromatic nitrogens is 3. The van der Waals surface area contributed by atoms with Gasteiger partial charge in [0.15, 0.2) is 11.6 Å². The Morgan fingerprint density at radius 3 is 2.68 bits per heavy atom. The molecule has 0 radical (unpaired) electrons. The van der Waals surface area contributed by atoms with Gasteiger partial charge in [-0.2, -0.15) is 5.26 Å². The van der Waals surface area contributed by atoms with E-state index in [2.05, 4.69) is 39.3 Å². The van der Waals surface area contributed by atoms with Gasteiger partial charge in [0.1, 0.15) is 6.07 Å². The first kappa shape index (κ1) is 24.5. The maximum atomic E-state index is 15.1. The van der Waals surface area contributed by atoms with E-state index in [-0.39, 0.29) is 12.4 Å². The fraction of sp³-hybridized carbons (Fsp3) is 0.214. The summed E-state index contributed by atoms with van der Waals surface area (Å²) in [7, 11) is 0. The average Bonchev–Trinajstić information content (AvgIpc) is 2.83. The highest BCUT2D eigenvalue weighted by molar-refractivity contribution is 5.77. The van der Waals surface area contributed by atoms with Crippen LogP contribution in [0.3, 0.4) is 0 Å². The molecule has 0 fully saturated rings. The molecule has 172 valence electrons. The van der Waals surface area contributed by atoms with Crippen LogP contribution in [-0.2, 0) is 6.54 Å². The molecule has 0 aliphatic carbocycles. The molecule has 6 heteroatoms. The number of nitrogens with zero attached hydrogens (tertiary/aromatic N) is 4. The normalized spacial score (nSPS) is 12.1. The number of allylic oxidation sites excluding steroid dienone is 6. The van der Waals surface area contributed by atoms with E-state index in [0.717, 1.165) is 34.4 Å². The molecule has 0 saturated carbocycles. The maximum Gasteiger partial charge on any atom is 0.173 e. The van der Waals surface area contributed by atoms with Crippen LogP contribution in [0.4, 0.5) is 10.2 Å². The second-order valence-corrected chi connectivity index (χ2v) is 7.87. The summed E-state index contributed by atoms with van der Waals surface area (Å²) >= 11 is 0. The summed E-state index contributed by atoms with van der Waals surface area (Å²) in [6, 6.07) is 9.26. The van der Waals surface area contributed by atoms with Crippen LogP contribution in [0.5, 0.6) is 0 Å². The molecule has 0 saturated heterocycles. The molecule has 0 aliphatic heterocycles. The molecule has 0 aromatic carbocycles. The molecule has 0 unspecified atom stereocenters. The fourth-order valence-electron chi connectivity index (χ4n) is 3.61. The number of nitrogens with one attached hydrogen (secondary N) is 1. The zero-order chi connectivity index (χ0) is 24.5. The van der Waals surface area contributed by atoms with Crippen LogP contribution in [0.2, 0.25) is 0 Å². The van der Waals surface area contributed by atoms with Crippen LogP contribution < -0.4 is 5.32 Å². The molecule has 0 spiro atoms. The molecule has 0 atom stereocenters. The summed E-state index contributed by atoms with van der Waals surface area (Å²) in [4.78, 5) is 12.9. The highest BCUT2D eigenvalue weighted by atomic mass is 19.1. The Labute approximate surface area is 200 Å². The van der Waals surface area contributed by atoms with Crippen molar-refractivity contribution in [1.82, 2.24) is 15.0 Å². The van der Waals surface area contributed by atoms with E-state index in [1.807, 2.05) is 45.1 Å². The van der Waals surface area contributed by atoms with Crippen molar-refractivity contribution < 1.29 is 4.39 Å². The molecule has 1 N–H and O–H groups in total. The third-order valence-electron chi connectivity index (χ3n) is 5.15. The van der Waals surface area contributed by atoms with E-state index in [9.17, 15) is 5.26 Å². The van der Waals surface area contributed by atoms with Gasteiger partial charge in [0.25, 0.3) is 0 Å². The van der Waals surface area contributed by atoms with Crippen molar-refractivity contribution in [3.63, 3.8) is 0 Å². The highest BCUT2D eigenvalue weighted by Gasteiger charge is 2.13. The first-order valence-corrected chi connectivity index (χ1v) is 11.2. The van der Waals surface area contributed by atoms with Crippen LogP contribution in [-0.4, -0.2) is 15.0 Å². The number of nitriles is 1. The predicted molar refractivity (Wildman–Crippen MR) is 135 cm³/mol. The van der Waals surface area contributed by atoms with Gasteiger partial charge >= 0.3 is 0 Å². The van der Waals surface area contributed by atoms with Gasteiger partial charge in [-0.1, -0.05) is 36.8 Å². The Morgan fingerprint density at radius 1 is 1.18 bits per heavy atom. The fourth-order valence-corrected chi connectivity index (χ4v) is 3.61. The summed E-state index contributed by atoms with van der Waals surface area (Å²) in [6.45, 7) is 8.19. The van der Waals surface area contributed by atoms with E-state index in [1.165, 1.54) is 0 Å². The van der Waals surface area contributed by atoms with Gasteiger partial charge in [-0.3, -0.25) is 9.97 Å². The zero-order valence-electron chi connectivity index (χ0n) is 19.9. The Bertz CT molecular complexity index is 1300. The van der Waals surface area contributed by atoms with E-state index >= 15 is 4.39 Å². The van der Waals surface area contributed by atoms with Crippen molar-refractivity contribution in [2.24, 2.45) is 0 Å². The van der Waals surface area contributed by atoms with Crippen LogP contribution in [0.1, 0.15) is 49.7 Å². The van der Waals surface area contributed by atoms with Gasteiger partial charge in [-0.15, -0.1) is 0 Å². The first-order chi connectivity index (χ1) is 16.5. The molecule has 0 bridgehead atoms. The van der Waals surface area contributed by atoms with Crippen molar-refractivity contribution in [1.29, 1.82) is 5.26 Å². The Hall–Kier alpha value is -4.11. The second-order valence-electron chi connectivity index (χ2n) is 7.87. The molecular formula is C28H28FN5. The summed E-state index contributed by atoms with van der Waals surface area (Å²) in [5.41, 5.74) is 5.81. The quantitative estimate of drug-likeness (QED) is 0.380. The molecule has 0 amide bonds. The molecule has 5 nitrogen and oxygen atoms in total. The van der Waals surface area contributed by atoms with E-state index < -0.39 is 5.82 Å². The van der Waals surface area contributed by atoms with Gasteiger partial charge in [-0.05, 0) is 62.6 Å². The predicted octanol–water partition coefficient (Wildman–Crippen LogP) is 6.79. The number of halogens is 1. The van der Waals surface area contributed by atoms with Gasteiger partial charge in [0.05, 0.1) is 11.3 Å². The molecular weight excluding hydrogens is 425 g/mol. The maximum absolute atomic E-state index is 15.1. The van der Waals surface area contributed by atoms with Crippen molar-refractivity contribution in [2.75, 3.05) is 5.32 Å². The van der Waals surface area contributed by atoms with E-state index in [1.54, 1.807) is 36.8 Å². The first-order valence-electron chi connectivity index (χ1n) is 11.2. The minimum atomic E-state index is -0.435. The van der Waals surface area contributed by atoms with Crippen molar-refractivity contribution >= 4 is 11.4 Å². The Morgan fingerprint density at radius 2 is 1.97 bits per heavy atom. The second kappa shape index (κ2) is 11.7. The van der Waals surface area contributed by atoms with Gasteiger partial charge in [-0.25, -0.2) is 9.37 Å². The number of hydrogen-bond acceptors (Lipinski definition) is 5. The standard InChI is InChI=1S/C28H28FN5/c1-5-7-19(3)13-23(8-6-2)27-24(16-30)15-21(17-33-27)18-34-28-26(29)25(10-12-32-28)22-9-11-31-20(4)14-22/h6-15,17H,5,18H2,1-4H3,(H,32,34)/b8-6-,19-7+,23-13+. The van der Waals surface area contributed by atoms with E-state index in [4.69, 9.17) is 0 Å². The summed E-state index contributed by atoms with van der Waals surface area (Å²) in [5, 5.41) is 12.8. The lowest BCUT2D eigenvalue weighted by Gasteiger charge is -2.11. The van der Waals surface area contributed by atoms with E-state index in [0.29, 0.717) is 16.8 Å². The lowest BCUT2D eigenvalue weighted by Crippen LogP contribution is -2.06. The van der Waals surface area contributed by atoms with Gasteiger partial charge in [0, 0.05) is 42.0 Å². The lowest BCUT2D eigenvalue weighted by molar-refractivity contribution is 0.628. The molecule has 34 heavy (non-hydrogen) atoms. The lowest BCUT2D eigenvalue weighted by atomic mass is 10.0. The summed E-state index contributed by atoms with van der Waals surface area (Å²) in [6.07, 6.45) is 13.9. The largest absolute Gasteiger partial charge is 0.363 e. The SMILES string of the molecule is C\C=C/C(=C\C(C)=C\CC)c1ncc(CNc2nccc(-c3ccnc(C)c3)c2F)cc1C#N. The molecule has 3 heterocycles. The summed E-state index contributed by atoms with van der Waals surface area (Å²) in [5.74, 6) is -0.293. The minimum Gasteiger partial charge on any atom is -0.363 e. The van der Waals surface area contributed by atoms with Crippen molar-refractivity contribution in [3.8, 4) is 17.2 Å². The zero-order valence-corrected chi connectivity index (χ0v) is 19.9. The number of hydrogen-bond donors (Lipinski definition) is 1. The Kier molecular flexibility index (Phi) is 8.42.